The summed E-state index contributed by atoms with van der Waals surface area (Å²) in [5.74, 6) is 0.227. The first-order valence-electron chi connectivity index (χ1n) is 0.966. The summed E-state index contributed by atoms with van der Waals surface area (Å²) in [6.07, 6.45) is 4.32. The summed E-state index contributed by atoms with van der Waals surface area (Å²) >= 11 is 0. The van der Waals surface area contributed by atoms with Crippen LogP contribution in [-0.4, -0.2) is 11.1 Å². The van der Waals surface area contributed by atoms with Gasteiger partial charge >= 0.3 is 5.97 Å². The number of hydrogen-bond donors (Lipinski definition) is 1. The van der Waals surface area contributed by atoms with E-state index in [0.717, 1.165) is 0 Å². The van der Waals surface area contributed by atoms with Crippen LogP contribution in [0.1, 0.15) is 0 Å². The quantitative estimate of drug-likeness (QED) is 0.364. The monoisotopic (exact) mass is 133 g/mol. The SMILES string of the molecule is C#CC(=O)O.[Cu]. The van der Waals surface area contributed by atoms with Gasteiger partial charge in [-0.05, 0) is 0 Å². The van der Waals surface area contributed by atoms with Crippen molar-refractivity contribution < 1.29 is 27.0 Å². The smallest absolute Gasteiger partial charge is 0.381 e. The Morgan fingerprint density at radius 2 is 2.00 bits per heavy atom. The molecule has 0 amide bonds. The van der Waals surface area contributed by atoms with Crippen LogP contribution in [0, 0.1) is 12.3 Å². The maximum absolute atomic E-state index is 9.13. The molecule has 37 valence electrons. The molecule has 0 atom stereocenters. The van der Waals surface area contributed by atoms with Crippen LogP contribution in [0.2, 0.25) is 0 Å². The molecule has 0 aromatic heterocycles. The normalized spacial score (nSPS) is 4.50. The van der Waals surface area contributed by atoms with Crippen molar-refractivity contribution in [3.05, 3.63) is 0 Å². The van der Waals surface area contributed by atoms with Gasteiger partial charge in [-0.1, -0.05) is 0 Å². The Kier molecular flexibility index (Phi) is 6.91. The molecule has 0 saturated heterocycles. The molecule has 0 aromatic rings. The predicted molar refractivity (Wildman–Crippen MR) is 16.5 cm³/mol. The summed E-state index contributed by atoms with van der Waals surface area (Å²) in [4.78, 5) is 9.13. The van der Waals surface area contributed by atoms with Crippen LogP contribution in [0.15, 0.2) is 0 Å². The molecule has 1 N–H and O–H groups in total. The standard InChI is InChI=1S/C3H2O2.Cu/c1-2-3(4)5;/h1H,(H,4,5);. The van der Waals surface area contributed by atoms with Crippen molar-refractivity contribution in [3.8, 4) is 12.3 Å². The molecule has 0 bridgehead atoms. The zero-order valence-electron chi connectivity index (χ0n) is 2.73. The van der Waals surface area contributed by atoms with Gasteiger partial charge in [0.15, 0.2) is 0 Å². The summed E-state index contributed by atoms with van der Waals surface area (Å²) < 4.78 is 0. The van der Waals surface area contributed by atoms with Crippen molar-refractivity contribution in [2.24, 2.45) is 0 Å². The van der Waals surface area contributed by atoms with E-state index in [1.54, 1.807) is 0 Å². The molecular weight excluding hydrogens is 132 g/mol. The van der Waals surface area contributed by atoms with Crippen LogP contribution >= 0.6 is 0 Å². The van der Waals surface area contributed by atoms with Gasteiger partial charge in [0.05, 0.1) is 0 Å². The van der Waals surface area contributed by atoms with Crippen LogP contribution in [-0.2, 0) is 21.9 Å². The second-order valence-electron chi connectivity index (χ2n) is 0.449. The molecule has 1 radical (unpaired) electrons. The Hall–Kier alpha value is -0.451. The molecule has 0 rings (SSSR count). The van der Waals surface area contributed by atoms with E-state index in [1.165, 1.54) is 5.92 Å². The molecule has 0 unspecified atom stereocenters. The van der Waals surface area contributed by atoms with E-state index in [-0.39, 0.29) is 17.1 Å². The molecule has 0 spiro atoms. The van der Waals surface area contributed by atoms with Crippen molar-refractivity contribution >= 4 is 5.97 Å². The minimum absolute atomic E-state index is 0. The maximum atomic E-state index is 9.13. The van der Waals surface area contributed by atoms with Gasteiger partial charge in [-0.25, -0.2) is 4.79 Å². The van der Waals surface area contributed by atoms with Crippen molar-refractivity contribution in [3.63, 3.8) is 0 Å². The third kappa shape index (κ3) is 9.61. The third-order valence-electron chi connectivity index (χ3n) is 0.123. The van der Waals surface area contributed by atoms with E-state index < -0.39 is 5.97 Å². The minimum Gasteiger partial charge on any atom is -0.472 e. The molecule has 0 aromatic carbocycles. The van der Waals surface area contributed by atoms with E-state index >= 15 is 0 Å². The molecule has 2 nitrogen and oxygen atoms in total. The van der Waals surface area contributed by atoms with Gasteiger partial charge in [-0.3, -0.25) is 0 Å². The zero-order chi connectivity index (χ0) is 4.28. The first-order chi connectivity index (χ1) is 2.27. The van der Waals surface area contributed by atoms with E-state index in [9.17, 15) is 0 Å². The van der Waals surface area contributed by atoms with Gasteiger partial charge in [0.1, 0.15) is 0 Å². The molecule has 3 heteroatoms. The first kappa shape index (κ1) is 9.12. The van der Waals surface area contributed by atoms with Crippen LogP contribution in [0.25, 0.3) is 0 Å². The topological polar surface area (TPSA) is 37.3 Å². The van der Waals surface area contributed by atoms with E-state index in [0.29, 0.717) is 0 Å². The van der Waals surface area contributed by atoms with Gasteiger partial charge in [0.25, 0.3) is 0 Å². The second-order valence-corrected chi connectivity index (χ2v) is 0.449. The Labute approximate surface area is 46.0 Å². The van der Waals surface area contributed by atoms with Crippen molar-refractivity contribution in [1.82, 2.24) is 0 Å². The molecular formula is C3H2CuO2. The number of aliphatic carboxylic acids is 1. The van der Waals surface area contributed by atoms with Gasteiger partial charge in [0, 0.05) is 23.0 Å². The van der Waals surface area contributed by atoms with Gasteiger partial charge in [0.2, 0.25) is 0 Å². The number of rotatable bonds is 0. The summed E-state index contributed by atoms with van der Waals surface area (Å²) in [6, 6.07) is 0. The number of hydrogen-bond acceptors (Lipinski definition) is 1. The Balaban J connectivity index is 0. The average molecular weight is 134 g/mol. The molecule has 0 saturated carbocycles. The second kappa shape index (κ2) is 4.55. The first-order valence-corrected chi connectivity index (χ1v) is 0.966. The Bertz CT molecular complexity index is 81.3. The van der Waals surface area contributed by atoms with Crippen LogP contribution < -0.4 is 0 Å². The van der Waals surface area contributed by atoms with Crippen molar-refractivity contribution in [2.45, 2.75) is 0 Å². The number of carboxylic acids is 1. The van der Waals surface area contributed by atoms with E-state index in [2.05, 4.69) is 6.42 Å². The average Bonchev–Trinajstić information content (AvgIpc) is 1.38. The third-order valence-corrected chi connectivity index (χ3v) is 0.123. The fraction of sp³-hybridized carbons (Fsp3) is 0. The summed E-state index contributed by atoms with van der Waals surface area (Å²) in [5, 5.41) is 7.49. The summed E-state index contributed by atoms with van der Waals surface area (Å²) in [5.41, 5.74) is 0. The fourth-order valence-electron chi connectivity index (χ4n) is 0. The van der Waals surface area contributed by atoms with Crippen LogP contribution in [0.4, 0.5) is 0 Å². The summed E-state index contributed by atoms with van der Waals surface area (Å²) in [7, 11) is 0. The number of terminal acetylenes is 1. The summed E-state index contributed by atoms with van der Waals surface area (Å²) in [6.45, 7) is 0. The number of carbonyl (C=O) groups is 1. The van der Waals surface area contributed by atoms with Gasteiger partial charge in [-0.15, -0.1) is 6.42 Å². The number of carboxylic acid groups (broad SMARTS) is 1. The minimum atomic E-state index is -1.22. The van der Waals surface area contributed by atoms with E-state index in [4.69, 9.17) is 9.90 Å². The largest absolute Gasteiger partial charge is 0.472 e. The molecule has 0 heterocycles. The predicted octanol–water partition coefficient (Wildman–Crippen LogP) is -0.298. The Morgan fingerprint density at radius 1 is 1.83 bits per heavy atom. The molecule has 0 aliphatic carbocycles. The Morgan fingerprint density at radius 3 is 2.00 bits per heavy atom. The maximum Gasteiger partial charge on any atom is 0.381 e. The van der Waals surface area contributed by atoms with Crippen LogP contribution in [0.5, 0.6) is 0 Å². The van der Waals surface area contributed by atoms with Crippen molar-refractivity contribution in [1.29, 1.82) is 0 Å². The fourth-order valence-corrected chi connectivity index (χ4v) is 0. The van der Waals surface area contributed by atoms with Crippen LogP contribution in [0.3, 0.4) is 0 Å². The van der Waals surface area contributed by atoms with Gasteiger partial charge in [-0.2, -0.15) is 0 Å². The molecule has 0 aliphatic rings. The van der Waals surface area contributed by atoms with Gasteiger partial charge < -0.3 is 5.11 Å². The molecule has 6 heavy (non-hydrogen) atoms. The van der Waals surface area contributed by atoms with E-state index in [1.807, 2.05) is 0 Å². The zero-order valence-corrected chi connectivity index (χ0v) is 3.68. The molecule has 0 fully saturated rings. The van der Waals surface area contributed by atoms with Crippen molar-refractivity contribution in [2.75, 3.05) is 0 Å². The molecule has 0 aliphatic heterocycles.